The van der Waals surface area contributed by atoms with E-state index in [4.69, 9.17) is 12.2 Å². The first-order valence-corrected chi connectivity index (χ1v) is 7.04. The smallest absolute Gasteiger partial charge is 0.387 e. The minimum absolute atomic E-state index is 0.105. The molecular weight excluding hydrogens is 306 g/mol. The third-order valence-electron chi connectivity index (χ3n) is 2.82. The van der Waals surface area contributed by atoms with Crippen LogP contribution in [0.1, 0.15) is 11.1 Å². The number of aryl methyl sites for hydroxylation is 2. The Balaban J connectivity index is 1.96. The molecule has 0 bridgehead atoms. The van der Waals surface area contributed by atoms with Gasteiger partial charge in [-0.15, -0.1) is 0 Å². The summed E-state index contributed by atoms with van der Waals surface area (Å²) < 4.78 is 28.4. The van der Waals surface area contributed by atoms with Crippen LogP contribution in [0.2, 0.25) is 0 Å². The van der Waals surface area contributed by atoms with Crippen molar-refractivity contribution in [1.29, 1.82) is 0 Å². The fourth-order valence-corrected chi connectivity index (χ4v) is 2.30. The van der Waals surface area contributed by atoms with Gasteiger partial charge in [-0.25, -0.2) is 0 Å². The van der Waals surface area contributed by atoms with Gasteiger partial charge in [-0.1, -0.05) is 6.07 Å². The zero-order valence-corrected chi connectivity index (χ0v) is 13.0. The lowest BCUT2D eigenvalue weighted by Gasteiger charge is -2.12. The Hall–Kier alpha value is -2.21. The minimum Gasteiger partial charge on any atom is -0.435 e. The van der Waals surface area contributed by atoms with E-state index in [1.165, 1.54) is 12.1 Å². The molecule has 0 atom stereocenters. The van der Waals surface area contributed by atoms with E-state index < -0.39 is 6.61 Å². The molecule has 2 aromatic rings. The molecule has 0 aliphatic heterocycles. The van der Waals surface area contributed by atoms with Crippen molar-refractivity contribution in [2.45, 2.75) is 20.5 Å². The molecular formula is C16H16F2N2OS. The van der Waals surface area contributed by atoms with E-state index in [1.807, 2.05) is 26.0 Å². The van der Waals surface area contributed by atoms with Gasteiger partial charge in [0.15, 0.2) is 5.11 Å². The molecule has 0 radical (unpaired) electrons. The number of rotatable bonds is 4. The van der Waals surface area contributed by atoms with Crippen LogP contribution >= 0.6 is 12.2 Å². The minimum atomic E-state index is -2.83. The SMILES string of the molecule is Cc1cc(C)cc(NC(=S)Nc2ccc(OC(F)F)cc2)c1. The second-order valence-electron chi connectivity index (χ2n) is 4.86. The Morgan fingerprint density at radius 1 is 0.955 bits per heavy atom. The van der Waals surface area contributed by atoms with Crippen LogP contribution in [0.4, 0.5) is 20.2 Å². The van der Waals surface area contributed by atoms with E-state index in [0.29, 0.717) is 10.8 Å². The quantitative estimate of drug-likeness (QED) is 0.799. The fraction of sp³-hybridized carbons (Fsp3) is 0.188. The number of ether oxygens (including phenoxy) is 1. The topological polar surface area (TPSA) is 33.3 Å². The number of halogens is 2. The maximum absolute atomic E-state index is 12.1. The summed E-state index contributed by atoms with van der Waals surface area (Å²) in [5.41, 5.74) is 3.86. The van der Waals surface area contributed by atoms with Crippen molar-refractivity contribution >= 4 is 28.7 Å². The van der Waals surface area contributed by atoms with Gasteiger partial charge < -0.3 is 15.4 Å². The maximum atomic E-state index is 12.1. The Bertz CT molecular complexity index is 639. The van der Waals surface area contributed by atoms with Gasteiger partial charge >= 0.3 is 6.61 Å². The van der Waals surface area contributed by atoms with E-state index in [2.05, 4.69) is 21.4 Å². The molecule has 0 heterocycles. The summed E-state index contributed by atoms with van der Waals surface area (Å²) in [5, 5.41) is 6.50. The largest absolute Gasteiger partial charge is 0.435 e. The normalized spacial score (nSPS) is 10.4. The lowest BCUT2D eigenvalue weighted by molar-refractivity contribution is -0.0498. The van der Waals surface area contributed by atoms with Crippen molar-refractivity contribution in [1.82, 2.24) is 0 Å². The molecule has 0 unspecified atom stereocenters. The molecule has 0 spiro atoms. The average molecular weight is 322 g/mol. The zero-order valence-electron chi connectivity index (χ0n) is 12.2. The monoisotopic (exact) mass is 322 g/mol. The number of alkyl halides is 2. The van der Waals surface area contributed by atoms with Gasteiger partial charge in [-0.3, -0.25) is 0 Å². The molecule has 0 saturated carbocycles. The molecule has 0 aliphatic rings. The van der Waals surface area contributed by atoms with Crippen molar-refractivity contribution in [2.24, 2.45) is 0 Å². The standard InChI is InChI=1S/C16H16F2N2OS/c1-10-7-11(2)9-13(8-10)20-16(22)19-12-3-5-14(6-4-12)21-15(17)18/h3-9,15H,1-2H3,(H2,19,20,22). The van der Waals surface area contributed by atoms with Crippen LogP contribution in [0.3, 0.4) is 0 Å². The predicted octanol–water partition coefficient (Wildman–Crippen LogP) is 4.71. The number of anilines is 2. The fourth-order valence-electron chi connectivity index (χ4n) is 2.06. The van der Waals surface area contributed by atoms with Crippen molar-refractivity contribution in [3.05, 3.63) is 53.6 Å². The molecule has 116 valence electrons. The summed E-state index contributed by atoms with van der Waals surface area (Å²) >= 11 is 5.23. The Kier molecular flexibility index (Phi) is 5.27. The second-order valence-corrected chi connectivity index (χ2v) is 5.27. The number of hydrogen-bond donors (Lipinski definition) is 2. The van der Waals surface area contributed by atoms with Crippen molar-refractivity contribution in [3.63, 3.8) is 0 Å². The summed E-state index contributed by atoms with van der Waals surface area (Å²) in [5.74, 6) is 0.105. The van der Waals surface area contributed by atoms with Crippen LogP contribution in [-0.4, -0.2) is 11.7 Å². The number of thiocarbonyl (C=S) groups is 1. The highest BCUT2D eigenvalue weighted by Crippen LogP contribution is 2.18. The summed E-state index contributed by atoms with van der Waals surface area (Å²) in [6.45, 7) is 1.19. The lowest BCUT2D eigenvalue weighted by Crippen LogP contribution is -2.19. The molecule has 0 fully saturated rings. The molecule has 6 heteroatoms. The van der Waals surface area contributed by atoms with E-state index in [1.54, 1.807) is 12.1 Å². The molecule has 2 N–H and O–H groups in total. The molecule has 2 rings (SSSR count). The van der Waals surface area contributed by atoms with Gasteiger partial charge in [0.2, 0.25) is 0 Å². The number of benzene rings is 2. The lowest BCUT2D eigenvalue weighted by atomic mass is 10.1. The van der Waals surface area contributed by atoms with Gasteiger partial charge in [-0.05, 0) is 73.6 Å². The molecule has 0 amide bonds. The second kappa shape index (κ2) is 7.17. The maximum Gasteiger partial charge on any atom is 0.387 e. The van der Waals surface area contributed by atoms with Gasteiger partial charge in [0, 0.05) is 11.4 Å². The predicted molar refractivity (Wildman–Crippen MR) is 88.8 cm³/mol. The molecule has 22 heavy (non-hydrogen) atoms. The first kappa shape index (κ1) is 16.2. The molecule has 0 aromatic heterocycles. The Morgan fingerprint density at radius 3 is 2.05 bits per heavy atom. The molecule has 3 nitrogen and oxygen atoms in total. The van der Waals surface area contributed by atoms with E-state index in [0.717, 1.165) is 16.8 Å². The first-order chi connectivity index (χ1) is 10.4. The van der Waals surface area contributed by atoms with Crippen LogP contribution < -0.4 is 15.4 Å². The number of hydrogen-bond acceptors (Lipinski definition) is 2. The van der Waals surface area contributed by atoms with E-state index >= 15 is 0 Å². The Labute approximate surface area is 133 Å². The third kappa shape index (κ3) is 4.96. The van der Waals surface area contributed by atoms with Crippen molar-refractivity contribution in [2.75, 3.05) is 10.6 Å². The van der Waals surface area contributed by atoms with E-state index in [9.17, 15) is 8.78 Å². The van der Waals surface area contributed by atoms with E-state index in [-0.39, 0.29) is 5.75 Å². The highest BCUT2D eigenvalue weighted by atomic mass is 32.1. The Morgan fingerprint density at radius 2 is 1.50 bits per heavy atom. The van der Waals surface area contributed by atoms with Crippen LogP contribution in [-0.2, 0) is 0 Å². The van der Waals surface area contributed by atoms with Crippen molar-refractivity contribution < 1.29 is 13.5 Å². The number of nitrogens with one attached hydrogen (secondary N) is 2. The van der Waals surface area contributed by atoms with Crippen molar-refractivity contribution in [3.8, 4) is 5.75 Å². The summed E-state index contributed by atoms with van der Waals surface area (Å²) in [6.07, 6.45) is 0. The third-order valence-corrected chi connectivity index (χ3v) is 3.02. The van der Waals surface area contributed by atoms with Crippen LogP contribution in [0.15, 0.2) is 42.5 Å². The van der Waals surface area contributed by atoms with Gasteiger partial charge in [-0.2, -0.15) is 8.78 Å². The van der Waals surface area contributed by atoms with Gasteiger partial charge in [0.05, 0.1) is 0 Å². The molecule has 0 saturated heterocycles. The summed E-state index contributed by atoms with van der Waals surface area (Å²) in [7, 11) is 0. The summed E-state index contributed by atoms with van der Waals surface area (Å²) in [6, 6.07) is 12.2. The van der Waals surface area contributed by atoms with Crippen LogP contribution in [0.25, 0.3) is 0 Å². The zero-order chi connectivity index (χ0) is 16.1. The average Bonchev–Trinajstić information content (AvgIpc) is 2.39. The van der Waals surface area contributed by atoms with Gasteiger partial charge in [0.1, 0.15) is 5.75 Å². The van der Waals surface area contributed by atoms with Gasteiger partial charge in [0.25, 0.3) is 0 Å². The highest BCUT2D eigenvalue weighted by molar-refractivity contribution is 7.80. The first-order valence-electron chi connectivity index (χ1n) is 6.63. The molecule has 0 aliphatic carbocycles. The van der Waals surface area contributed by atoms with Crippen LogP contribution in [0.5, 0.6) is 5.75 Å². The summed E-state index contributed by atoms with van der Waals surface area (Å²) in [4.78, 5) is 0. The van der Waals surface area contributed by atoms with Crippen LogP contribution in [0, 0.1) is 13.8 Å². The molecule has 2 aromatic carbocycles. The highest BCUT2D eigenvalue weighted by Gasteiger charge is 2.04.